The van der Waals surface area contributed by atoms with Crippen LogP contribution in [-0.4, -0.2) is 29.2 Å². The Hall–Kier alpha value is -1.23. The van der Waals surface area contributed by atoms with E-state index in [0.29, 0.717) is 12.4 Å². The van der Waals surface area contributed by atoms with Gasteiger partial charge in [0.05, 0.1) is 12.6 Å². The summed E-state index contributed by atoms with van der Waals surface area (Å²) in [5, 5.41) is 3.07. The number of hydrogen-bond acceptors (Lipinski definition) is 4. The third-order valence-electron chi connectivity index (χ3n) is 1.92. The van der Waals surface area contributed by atoms with Crippen molar-refractivity contribution in [2.24, 2.45) is 0 Å². The summed E-state index contributed by atoms with van der Waals surface area (Å²) in [6.07, 6.45) is 2.14. The van der Waals surface area contributed by atoms with Gasteiger partial charge in [-0.3, -0.25) is 0 Å². The molecule has 13 heavy (non-hydrogen) atoms. The fourth-order valence-corrected chi connectivity index (χ4v) is 1.27. The van der Waals surface area contributed by atoms with Crippen LogP contribution in [0.1, 0.15) is 6.42 Å². The first kappa shape index (κ1) is 8.37. The molecular formula is C8H10FN3O. The lowest BCUT2D eigenvalue weighted by Gasteiger charge is -2.09. The lowest BCUT2D eigenvalue weighted by molar-refractivity contribution is 0.195. The highest BCUT2D eigenvalue weighted by Gasteiger charge is 2.15. The summed E-state index contributed by atoms with van der Waals surface area (Å²) in [7, 11) is 0. The third-order valence-corrected chi connectivity index (χ3v) is 1.92. The minimum absolute atomic E-state index is 0.245. The van der Waals surface area contributed by atoms with Crippen LogP contribution in [0, 0.1) is 5.95 Å². The Morgan fingerprint density at radius 3 is 3.15 bits per heavy atom. The van der Waals surface area contributed by atoms with Crippen LogP contribution >= 0.6 is 0 Å². The summed E-state index contributed by atoms with van der Waals surface area (Å²) in [6.45, 7) is 1.41. The first-order valence-corrected chi connectivity index (χ1v) is 4.16. The molecule has 2 rings (SSSR count). The highest BCUT2D eigenvalue weighted by atomic mass is 19.1. The molecule has 0 radical (unpaired) electrons. The molecule has 0 bridgehead atoms. The molecule has 0 aliphatic carbocycles. The van der Waals surface area contributed by atoms with Gasteiger partial charge in [-0.25, -0.2) is 9.97 Å². The van der Waals surface area contributed by atoms with Crippen LogP contribution in [0.5, 0.6) is 0 Å². The molecule has 1 aromatic rings. The molecular weight excluding hydrogens is 173 g/mol. The van der Waals surface area contributed by atoms with Gasteiger partial charge in [-0.1, -0.05) is 0 Å². The molecule has 0 spiro atoms. The average molecular weight is 183 g/mol. The molecule has 0 saturated carbocycles. The van der Waals surface area contributed by atoms with Gasteiger partial charge in [-0.05, 0) is 6.42 Å². The Morgan fingerprint density at radius 1 is 1.54 bits per heavy atom. The van der Waals surface area contributed by atoms with E-state index in [4.69, 9.17) is 4.74 Å². The van der Waals surface area contributed by atoms with Crippen LogP contribution in [0.15, 0.2) is 12.4 Å². The van der Waals surface area contributed by atoms with E-state index < -0.39 is 5.95 Å². The molecule has 1 aromatic heterocycles. The van der Waals surface area contributed by atoms with E-state index in [-0.39, 0.29) is 6.04 Å². The van der Waals surface area contributed by atoms with Gasteiger partial charge in [0.25, 0.3) is 0 Å². The number of hydrogen-bond donors (Lipinski definition) is 1. The van der Waals surface area contributed by atoms with E-state index in [0.717, 1.165) is 13.0 Å². The van der Waals surface area contributed by atoms with Crippen LogP contribution in [0.25, 0.3) is 0 Å². The summed E-state index contributed by atoms with van der Waals surface area (Å²) in [4.78, 5) is 7.25. The normalized spacial score (nSPS) is 21.8. The second-order valence-corrected chi connectivity index (χ2v) is 2.93. The Balaban J connectivity index is 2.00. The molecule has 4 nitrogen and oxygen atoms in total. The predicted octanol–water partition coefficient (Wildman–Crippen LogP) is 0.817. The molecule has 5 heteroatoms. The number of aromatic nitrogens is 2. The van der Waals surface area contributed by atoms with Gasteiger partial charge in [-0.2, -0.15) is 4.39 Å². The van der Waals surface area contributed by atoms with E-state index in [1.54, 1.807) is 0 Å². The summed E-state index contributed by atoms with van der Waals surface area (Å²) in [6, 6.07) is 1.52. The highest BCUT2D eigenvalue weighted by Crippen LogP contribution is 2.10. The van der Waals surface area contributed by atoms with Gasteiger partial charge < -0.3 is 10.1 Å². The van der Waals surface area contributed by atoms with Gasteiger partial charge in [0.15, 0.2) is 0 Å². The average Bonchev–Trinajstić information content (AvgIpc) is 2.57. The zero-order valence-electron chi connectivity index (χ0n) is 7.03. The molecule has 1 aliphatic rings. The molecule has 70 valence electrons. The van der Waals surface area contributed by atoms with Gasteiger partial charge >= 0.3 is 0 Å². The molecule has 1 fully saturated rings. The van der Waals surface area contributed by atoms with E-state index in [1.807, 2.05) is 0 Å². The fourth-order valence-electron chi connectivity index (χ4n) is 1.27. The minimum atomic E-state index is -0.517. The van der Waals surface area contributed by atoms with Crippen molar-refractivity contribution in [1.82, 2.24) is 9.97 Å². The topological polar surface area (TPSA) is 47.0 Å². The van der Waals surface area contributed by atoms with Gasteiger partial charge in [0.1, 0.15) is 12.1 Å². The van der Waals surface area contributed by atoms with Crippen molar-refractivity contribution in [3.63, 3.8) is 0 Å². The number of nitrogens with zero attached hydrogens (tertiary/aromatic N) is 2. The van der Waals surface area contributed by atoms with E-state index >= 15 is 0 Å². The number of anilines is 1. The van der Waals surface area contributed by atoms with Crippen molar-refractivity contribution in [3.05, 3.63) is 18.3 Å². The lowest BCUT2D eigenvalue weighted by Crippen LogP contribution is -2.19. The molecule has 1 saturated heterocycles. The largest absolute Gasteiger partial charge is 0.379 e. The van der Waals surface area contributed by atoms with Crippen molar-refractivity contribution in [2.45, 2.75) is 12.5 Å². The van der Waals surface area contributed by atoms with Crippen LogP contribution < -0.4 is 5.32 Å². The maximum absolute atomic E-state index is 12.6. The first-order valence-electron chi connectivity index (χ1n) is 4.16. The van der Waals surface area contributed by atoms with Crippen molar-refractivity contribution >= 4 is 5.82 Å². The molecule has 0 aromatic carbocycles. The molecule has 1 atom stereocenters. The van der Waals surface area contributed by atoms with Crippen LogP contribution in [-0.2, 0) is 4.74 Å². The van der Waals surface area contributed by atoms with E-state index in [1.165, 1.54) is 12.4 Å². The Bertz CT molecular complexity index is 288. The van der Waals surface area contributed by atoms with E-state index in [2.05, 4.69) is 15.3 Å². The van der Waals surface area contributed by atoms with Gasteiger partial charge in [0, 0.05) is 12.7 Å². The van der Waals surface area contributed by atoms with Gasteiger partial charge in [-0.15, -0.1) is 0 Å². The molecule has 2 heterocycles. The molecule has 1 unspecified atom stereocenters. The number of halogens is 1. The molecule has 1 aliphatic heterocycles. The monoisotopic (exact) mass is 183 g/mol. The SMILES string of the molecule is Fc1cc(NC2CCOC2)ncn1. The molecule has 1 N–H and O–H groups in total. The predicted molar refractivity (Wildman–Crippen MR) is 44.8 cm³/mol. The summed E-state index contributed by atoms with van der Waals surface area (Å²) >= 11 is 0. The van der Waals surface area contributed by atoms with Crippen LogP contribution in [0.4, 0.5) is 10.2 Å². The second-order valence-electron chi connectivity index (χ2n) is 2.93. The van der Waals surface area contributed by atoms with Crippen molar-refractivity contribution < 1.29 is 9.13 Å². The summed E-state index contributed by atoms with van der Waals surface area (Å²) < 4.78 is 17.8. The number of ether oxygens (including phenoxy) is 1. The van der Waals surface area contributed by atoms with Crippen LogP contribution in [0.2, 0.25) is 0 Å². The second kappa shape index (κ2) is 3.66. The lowest BCUT2D eigenvalue weighted by atomic mass is 10.2. The van der Waals surface area contributed by atoms with Crippen molar-refractivity contribution in [1.29, 1.82) is 0 Å². The highest BCUT2D eigenvalue weighted by molar-refractivity contribution is 5.33. The Kier molecular flexibility index (Phi) is 2.35. The van der Waals surface area contributed by atoms with Gasteiger partial charge in [0.2, 0.25) is 5.95 Å². The first-order chi connectivity index (χ1) is 6.34. The Morgan fingerprint density at radius 2 is 2.46 bits per heavy atom. The fraction of sp³-hybridized carbons (Fsp3) is 0.500. The van der Waals surface area contributed by atoms with E-state index in [9.17, 15) is 4.39 Å². The summed E-state index contributed by atoms with van der Waals surface area (Å²) in [5.41, 5.74) is 0. The number of rotatable bonds is 2. The maximum Gasteiger partial charge on any atom is 0.217 e. The zero-order valence-corrected chi connectivity index (χ0v) is 7.03. The maximum atomic E-state index is 12.6. The number of nitrogens with one attached hydrogen (secondary N) is 1. The Labute approximate surface area is 75.2 Å². The smallest absolute Gasteiger partial charge is 0.217 e. The zero-order chi connectivity index (χ0) is 9.10. The quantitative estimate of drug-likeness (QED) is 0.689. The summed E-state index contributed by atoms with van der Waals surface area (Å²) in [5.74, 6) is -0.000541. The minimum Gasteiger partial charge on any atom is -0.379 e. The van der Waals surface area contributed by atoms with Crippen molar-refractivity contribution in [3.8, 4) is 0 Å². The van der Waals surface area contributed by atoms with Crippen LogP contribution in [0.3, 0.4) is 0 Å². The van der Waals surface area contributed by atoms with Crippen molar-refractivity contribution in [2.75, 3.05) is 18.5 Å². The molecule has 0 amide bonds. The third kappa shape index (κ3) is 2.12. The standard InChI is InChI=1S/C8H10FN3O/c9-7-3-8(11-5-10-7)12-6-1-2-13-4-6/h3,5-6H,1-2,4H2,(H,10,11,12).